The van der Waals surface area contributed by atoms with Crippen LogP contribution in [0.1, 0.15) is 143 Å². The van der Waals surface area contributed by atoms with E-state index in [0.717, 1.165) is 58.4 Å². The number of ether oxygens (including phenoxy) is 2. The van der Waals surface area contributed by atoms with Gasteiger partial charge in [0.1, 0.15) is 0 Å². The number of hydrogen-bond donors (Lipinski definition) is 0. The Labute approximate surface area is 380 Å². The summed E-state index contributed by atoms with van der Waals surface area (Å²) < 4.78 is 35.9. The Morgan fingerprint density at radius 2 is 0.983 bits per heavy atom. The molecule has 0 N–H and O–H groups in total. The first-order chi connectivity index (χ1) is 28.3. The number of carbonyl (C=O) groups is 2. The van der Waals surface area contributed by atoms with Gasteiger partial charge in [-0.3, -0.25) is 9.59 Å². The number of rotatable bonds is 33. The summed E-state index contributed by atoms with van der Waals surface area (Å²) in [5, 5.41) is 0.439. The monoisotopic (exact) mass is 927 g/mol. The van der Waals surface area contributed by atoms with Crippen LogP contribution in [-0.4, -0.2) is 165 Å². The van der Waals surface area contributed by atoms with Crippen LogP contribution in [0.3, 0.4) is 0 Å². The van der Waals surface area contributed by atoms with Gasteiger partial charge >= 0.3 is 0 Å². The molecule has 60 heavy (non-hydrogen) atoms. The van der Waals surface area contributed by atoms with Crippen molar-refractivity contribution in [3.63, 3.8) is 0 Å². The van der Waals surface area contributed by atoms with Gasteiger partial charge in [0.2, 0.25) is 0 Å². The van der Waals surface area contributed by atoms with Crippen LogP contribution >= 0.6 is 40.4 Å². The Kier molecular flexibility index (Phi) is 31.4. The molecule has 4 atom stereocenters. The largest absolute Gasteiger partial charge is 0.368 e. The van der Waals surface area contributed by atoms with Crippen molar-refractivity contribution in [3.8, 4) is 0 Å². The molecule has 1 aliphatic heterocycles. The molecule has 0 bridgehead atoms. The van der Waals surface area contributed by atoms with Gasteiger partial charge in [-0.1, -0.05) is 37.4 Å². The fourth-order valence-electron chi connectivity index (χ4n) is 7.89. The third kappa shape index (κ3) is 21.7. The molecule has 0 saturated carbocycles. The molecule has 356 valence electrons. The Balaban J connectivity index is 3.02. The number of likely N-dealkylation sites (tertiary alicyclic amines) is 1. The summed E-state index contributed by atoms with van der Waals surface area (Å²) in [6.07, 6.45) is 4.44. The normalized spacial score (nSPS) is 17.1. The molecular weight excluding hydrogens is 835 g/mol. The van der Waals surface area contributed by atoms with Crippen LogP contribution in [0.5, 0.6) is 0 Å². The zero-order chi connectivity index (χ0) is 45.5. The molecule has 1 saturated heterocycles. The van der Waals surface area contributed by atoms with Crippen LogP contribution < -0.4 is 0 Å². The van der Waals surface area contributed by atoms with Crippen molar-refractivity contribution in [2.45, 2.75) is 191 Å². The first-order valence-corrected chi connectivity index (χ1v) is 27.5. The van der Waals surface area contributed by atoms with Crippen LogP contribution in [0.2, 0.25) is 0 Å². The molecule has 0 radical (unpaired) electrons. The zero-order valence-electron chi connectivity index (χ0n) is 41.4. The van der Waals surface area contributed by atoms with Crippen molar-refractivity contribution >= 4 is 50.7 Å². The zero-order valence-corrected chi connectivity index (χ0v) is 44.8. The van der Waals surface area contributed by atoms with Gasteiger partial charge in [0.25, 0.3) is 0 Å². The minimum absolute atomic E-state index is 0.144. The first-order valence-electron chi connectivity index (χ1n) is 23.2. The van der Waals surface area contributed by atoms with Crippen molar-refractivity contribution < 1.29 is 28.1 Å². The molecule has 0 aromatic heterocycles. The molecule has 16 heteroatoms. The van der Waals surface area contributed by atoms with Crippen molar-refractivity contribution in [2.75, 3.05) is 78.1 Å². The standard InChI is InChI=1S/C44H92N6O6P2S2/c1-18-46(19-2)27-24-43(51)59-32-53-28-30-55-57(47(34(3)4)35(5)6)49(38(11)12)40(15)20-21-41(16)50(39(13)14)58(48(36(7)8)37(9)10)56-31-29-54-33-60-44(52)42-22-25-45(17)26-23-42/h34-42H,18-33H2,1-17H3. The van der Waals surface area contributed by atoms with Gasteiger partial charge in [0.15, 0.2) is 27.1 Å². The number of hydrogen-bond acceptors (Lipinski definition) is 14. The van der Waals surface area contributed by atoms with Crippen molar-refractivity contribution in [1.29, 1.82) is 0 Å². The molecule has 1 aliphatic rings. The van der Waals surface area contributed by atoms with E-state index in [1.807, 2.05) is 0 Å². The summed E-state index contributed by atoms with van der Waals surface area (Å²) >= 11 is 2.59. The van der Waals surface area contributed by atoms with Crippen molar-refractivity contribution in [3.05, 3.63) is 0 Å². The summed E-state index contributed by atoms with van der Waals surface area (Å²) in [6.45, 7) is 42.8. The van der Waals surface area contributed by atoms with E-state index in [9.17, 15) is 9.59 Å². The van der Waals surface area contributed by atoms with Gasteiger partial charge < -0.3 is 28.3 Å². The molecule has 1 heterocycles. The summed E-state index contributed by atoms with van der Waals surface area (Å²) in [5.74, 6) is 0.875. The highest BCUT2D eigenvalue weighted by atomic mass is 32.2. The second-order valence-electron chi connectivity index (χ2n) is 17.9. The van der Waals surface area contributed by atoms with Crippen LogP contribution in [-0.2, 0) is 28.1 Å². The van der Waals surface area contributed by atoms with E-state index in [1.165, 1.54) is 23.5 Å². The summed E-state index contributed by atoms with van der Waals surface area (Å²) in [4.78, 5) is 29.8. The fourth-order valence-corrected chi connectivity index (χ4v) is 14.0. The maximum absolute atomic E-state index is 12.8. The minimum Gasteiger partial charge on any atom is -0.368 e. The lowest BCUT2D eigenvalue weighted by Crippen LogP contribution is -2.46. The van der Waals surface area contributed by atoms with Crippen LogP contribution in [0.15, 0.2) is 0 Å². The predicted octanol–water partition coefficient (Wildman–Crippen LogP) is 10.2. The molecule has 0 aromatic rings. The van der Waals surface area contributed by atoms with E-state index in [1.54, 1.807) is 0 Å². The van der Waals surface area contributed by atoms with E-state index in [-0.39, 0.29) is 40.3 Å². The summed E-state index contributed by atoms with van der Waals surface area (Å²) in [5.41, 5.74) is 0. The van der Waals surface area contributed by atoms with Crippen LogP contribution in [0.25, 0.3) is 0 Å². The lowest BCUT2D eigenvalue weighted by molar-refractivity contribution is -0.115. The Hall–Kier alpha value is 0.500. The highest BCUT2D eigenvalue weighted by Crippen LogP contribution is 2.53. The summed E-state index contributed by atoms with van der Waals surface area (Å²) in [6, 6.07) is 2.33. The van der Waals surface area contributed by atoms with E-state index >= 15 is 0 Å². The molecule has 4 unspecified atom stereocenters. The second kappa shape index (κ2) is 32.2. The first kappa shape index (κ1) is 58.5. The Bertz CT molecular complexity index is 1120. The molecule has 12 nitrogen and oxygen atoms in total. The van der Waals surface area contributed by atoms with Gasteiger partial charge in [-0.25, -0.2) is 18.7 Å². The van der Waals surface area contributed by atoms with E-state index in [2.05, 4.69) is 146 Å². The quantitative estimate of drug-likeness (QED) is 0.0355. The maximum Gasteiger partial charge on any atom is 0.194 e. The third-order valence-electron chi connectivity index (χ3n) is 10.9. The molecule has 0 aliphatic carbocycles. The predicted molar refractivity (Wildman–Crippen MR) is 262 cm³/mol. The highest BCUT2D eigenvalue weighted by Gasteiger charge is 2.38. The number of thioether (sulfide) groups is 2. The lowest BCUT2D eigenvalue weighted by atomic mass is 9.99. The van der Waals surface area contributed by atoms with E-state index in [0.29, 0.717) is 68.9 Å². The Morgan fingerprint density at radius 3 is 1.35 bits per heavy atom. The van der Waals surface area contributed by atoms with Gasteiger partial charge in [-0.2, -0.15) is 0 Å². The molecular formula is C44H92N6O6P2S2. The smallest absolute Gasteiger partial charge is 0.194 e. The molecule has 0 aromatic carbocycles. The number of carbonyl (C=O) groups excluding carboxylic acids is 2. The van der Waals surface area contributed by atoms with Crippen LogP contribution in [0.4, 0.5) is 0 Å². The SMILES string of the molecule is CCN(CC)CCC(=O)SCOCCOP(N(C(C)C)C(C)C)N(C(C)C)C(C)CCC(C)N(C(C)C)P(OCCOCSC(=O)C1CCN(C)CC1)N(C(C)C)C(C)C. The molecule has 0 spiro atoms. The lowest BCUT2D eigenvalue weighted by Gasteiger charge is -2.48. The van der Waals surface area contributed by atoms with Crippen LogP contribution in [0, 0.1) is 5.92 Å². The average Bonchev–Trinajstić information content (AvgIpc) is 3.16. The second-order valence-corrected chi connectivity index (χ2v) is 23.2. The Morgan fingerprint density at radius 1 is 0.600 bits per heavy atom. The van der Waals surface area contributed by atoms with Crippen molar-refractivity contribution in [1.82, 2.24) is 28.5 Å². The maximum atomic E-state index is 12.8. The molecule has 1 rings (SSSR count). The van der Waals surface area contributed by atoms with Gasteiger partial charge in [-0.15, -0.1) is 0 Å². The van der Waals surface area contributed by atoms with Gasteiger partial charge in [-0.05, 0) is 156 Å². The van der Waals surface area contributed by atoms with Gasteiger partial charge in [0.05, 0.1) is 38.3 Å². The number of nitrogens with zero attached hydrogens (tertiary/aromatic N) is 6. The van der Waals surface area contributed by atoms with E-state index in [4.69, 9.17) is 18.5 Å². The van der Waals surface area contributed by atoms with Gasteiger partial charge in [0, 0.05) is 67.2 Å². The third-order valence-corrected chi connectivity index (χ3v) is 18.6. The average molecular weight is 927 g/mol. The molecule has 1 fully saturated rings. The summed E-state index contributed by atoms with van der Waals surface area (Å²) in [7, 11) is -0.0590. The topological polar surface area (TPSA) is 90.5 Å². The fraction of sp³-hybridized carbons (Fsp3) is 0.955. The minimum atomic E-state index is -1.09. The molecule has 0 amide bonds. The van der Waals surface area contributed by atoms with E-state index < -0.39 is 16.9 Å². The van der Waals surface area contributed by atoms with Crippen molar-refractivity contribution in [2.24, 2.45) is 5.92 Å². The number of piperidine rings is 1. The highest BCUT2D eigenvalue weighted by molar-refractivity contribution is 8.13.